The number of hydrogen-bond acceptors (Lipinski definition) is 1. The Morgan fingerprint density at radius 3 is 2.29 bits per heavy atom. The number of nitrogens with one attached hydrogen (secondary N) is 2. The van der Waals surface area contributed by atoms with Gasteiger partial charge in [-0.3, -0.25) is 4.99 Å². The lowest BCUT2D eigenvalue weighted by molar-refractivity contribution is -0.135. The van der Waals surface area contributed by atoms with Crippen LogP contribution in [0.1, 0.15) is 50.3 Å². The fourth-order valence-corrected chi connectivity index (χ4v) is 2.18. The normalized spacial score (nSPS) is 13.2. The largest absolute Gasteiger partial charge is 0.389 e. The number of halogens is 4. The van der Waals surface area contributed by atoms with Gasteiger partial charge < -0.3 is 10.6 Å². The van der Waals surface area contributed by atoms with Gasteiger partial charge in [0.25, 0.3) is 0 Å². The van der Waals surface area contributed by atoms with Gasteiger partial charge >= 0.3 is 6.18 Å². The van der Waals surface area contributed by atoms with Gasteiger partial charge in [0.2, 0.25) is 0 Å². The highest BCUT2D eigenvalue weighted by molar-refractivity contribution is 14.0. The van der Waals surface area contributed by atoms with E-state index in [1.807, 2.05) is 6.92 Å². The number of rotatable bonds is 7. The summed E-state index contributed by atoms with van der Waals surface area (Å²) in [6.07, 6.45) is -3.22. The molecule has 1 atom stereocenters. The molecule has 0 aliphatic carbocycles. The van der Waals surface area contributed by atoms with Crippen LogP contribution in [0.3, 0.4) is 0 Å². The van der Waals surface area contributed by atoms with Crippen molar-refractivity contribution in [2.45, 2.75) is 51.7 Å². The van der Waals surface area contributed by atoms with E-state index < -0.39 is 12.6 Å². The summed E-state index contributed by atoms with van der Waals surface area (Å²) in [5.41, 5.74) is 2.43. The zero-order valence-corrected chi connectivity index (χ0v) is 16.7. The molecule has 3 nitrogen and oxygen atoms in total. The van der Waals surface area contributed by atoms with Gasteiger partial charge in [-0.25, -0.2) is 0 Å². The molecule has 0 radical (unpaired) electrons. The molecule has 0 fully saturated rings. The van der Waals surface area contributed by atoms with E-state index in [2.05, 4.69) is 46.8 Å². The highest BCUT2D eigenvalue weighted by Gasteiger charge is 2.25. The first-order valence-electron chi connectivity index (χ1n) is 7.98. The SMILES string of the molecule is CCc1ccc(C(C)NC(=NC)NCCCCC(F)(F)F)cc1.I. The molecule has 1 aromatic carbocycles. The maximum Gasteiger partial charge on any atom is 0.389 e. The fraction of sp³-hybridized carbons (Fsp3) is 0.588. The third kappa shape index (κ3) is 9.34. The smallest absolute Gasteiger partial charge is 0.356 e. The number of nitrogens with zero attached hydrogens (tertiary/aromatic N) is 1. The van der Waals surface area contributed by atoms with Crippen LogP contribution in [0.4, 0.5) is 13.2 Å². The van der Waals surface area contributed by atoms with E-state index in [1.165, 1.54) is 5.56 Å². The molecule has 2 N–H and O–H groups in total. The van der Waals surface area contributed by atoms with Crippen LogP contribution >= 0.6 is 24.0 Å². The average molecular weight is 457 g/mol. The molecule has 1 aromatic rings. The van der Waals surface area contributed by atoms with Gasteiger partial charge in [0.15, 0.2) is 5.96 Å². The summed E-state index contributed by atoms with van der Waals surface area (Å²) >= 11 is 0. The molecule has 1 rings (SSSR count). The van der Waals surface area contributed by atoms with E-state index in [9.17, 15) is 13.2 Å². The molecule has 0 aliphatic heterocycles. The minimum atomic E-state index is -4.07. The second-order valence-corrected chi connectivity index (χ2v) is 5.53. The van der Waals surface area contributed by atoms with Crippen LogP contribution in [-0.2, 0) is 6.42 Å². The summed E-state index contributed by atoms with van der Waals surface area (Å²) in [6.45, 7) is 4.61. The zero-order chi connectivity index (χ0) is 17.3. The molecule has 0 amide bonds. The van der Waals surface area contributed by atoms with Gasteiger partial charge in [-0.1, -0.05) is 31.2 Å². The van der Waals surface area contributed by atoms with Crippen molar-refractivity contribution in [2.24, 2.45) is 4.99 Å². The first-order chi connectivity index (χ1) is 10.9. The predicted molar refractivity (Wildman–Crippen MR) is 104 cm³/mol. The Balaban J connectivity index is 0.00000529. The van der Waals surface area contributed by atoms with E-state index in [-0.39, 0.29) is 36.4 Å². The third-order valence-corrected chi connectivity index (χ3v) is 3.64. The summed E-state index contributed by atoms with van der Waals surface area (Å²) in [4.78, 5) is 4.11. The lowest BCUT2D eigenvalue weighted by atomic mass is 10.1. The van der Waals surface area contributed by atoms with Crippen LogP contribution in [0, 0.1) is 0 Å². The third-order valence-electron chi connectivity index (χ3n) is 3.64. The van der Waals surface area contributed by atoms with E-state index in [4.69, 9.17) is 0 Å². The molecule has 1 unspecified atom stereocenters. The van der Waals surface area contributed by atoms with Crippen LogP contribution in [0.5, 0.6) is 0 Å². The molecule has 7 heteroatoms. The van der Waals surface area contributed by atoms with Crippen LogP contribution in [-0.4, -0.2) is 25.7 Å². The highest BCUT2D eigenvalue weighted by Crippen LogP contribution is 2.21. The van der Waals surface area contributed by atoms with Gasteiger partial charge in [0, 0.05) is 20.0 Å². The van der Waals surface area contributed by atoms with Crippen LogP contribution < -0.4 is 10.6 Å². The number of aliphatic imine (C=N–C) groups is 1. The van der Waals surface area contributed by atoms with Gasteiger partial charge in [-0.05, 0) is 37.3 Å². The molecule has 138 valence electrons. The van der Waals surface area contributed by atoms with Gasteiger partial charge in [-0.2, -0.15) is 13.2 Å². The summed E-state index contributed by atoms with van der Waals surface area (Å²) in [6, 6.07) is 8.42. The minimum Gasteiger partial charge on any atom is -0.356 e. The number of alkyl halides is 3. The van der Waals surface area contributed by atoms with Crippen LogP contribution in [0.15, 0.2) is 29.3 Å². The molecule has 0 bridgehead atoms. The first-order valence-corrected chi connectivity index (χ1v) is 7.98. The van der Waals surface area contributed by atoms with Crippen molar-refractivity contribution in [3.63, 3.8) is 0 Å². The predicted octanol–water partition coefficient (Wildman–Crippen LogP) is 4.83. The Kier molecular flexibility index (Phi) is 11.1. The van der Waals surface area contributed by atoms with E-state index in [0.717, 1.165) is 12.0 Å². The van der Waals surface area contributed by atoms with Gasteiger partial charge in [0.05, 0.1) is 6.04 Å². The molecular weight excluding hydrogens is 430 g/mol. The Labute approximate surface area is 159 Å². The average Bonchev–Trinajstić information content (AvgIpc) is 2.52. The summed E-state index contributed by atoms with van der Waals surface area (Å²) < 4.78 is 36.2. The fourth-order valence-electron chi connectivity index (χ4n) is 2.18. The maximum absolute atomic E-state index is 12.1. The quantitative estimate of drug-likeness (QED) is 0.267. The van der Waals surface area contributed by atoms with Crippen LogP contribution in [0.25, 0.3) is 0 Å². The molecule has 0 aromatic heterocycles. The van der Waals surface area contributed by atoms with Crippen molar-refractivity contribution in [3.05, 3.63) is 35.4 Å². The van der Waals surface area contributed by atoms with Gasteiger partial charge in [0.1, 0.15) is 0 Å². The lowest BCUT2D eigenvalue weighted by Crippen LogP contribution is -2.39. The summed E-state index contributed by atoms with van der Waals surface area (Å²) in [5, 5.41) is 6.29. The number of aryl methyl sites for hydroxylation is 1. The Bertz CT molecular complexity index is 487. The van der Waals surface area contributed by atoms with Crippen molar-refractivity contribution in [1.29, 1.82) is 0 Å². The second kappa shape index (κ2) is 11.5. The van der Waals surface area contributed by atoms with Crippen molar-refractivity contribution in [3.8, 4) is 0 Å². The number of guanidine groups is 1. The Morgan fingerprint density at radius 2 is 1.79 bits per heavy atom. The second-order valence-electron chi connectivity index (χ2n) is 5.53. The highest BCUT2D eigenvalue weighted by atomic mass is 127. The number of benzene rings is 1. The number of hydrogen-bond donors (Lipinski definition) is 2. The Morgan fingerprint density at radius 1 is 1.17 bits per heavy atom. The Hall–Kier alpha value is -0.990. The molecule has 24 heavy (non-hydrogen) atoms. The van der Waals surface area contributed by atoms with E-state index in [0.29, 0.717) is 18.9 Å². The first kappa shape index (κ1) is 23.0. The maximum atomic E-state index is 12.1. The monoisotopic (exact) mass is 457 g/mol. The van der Waals surface area contributed by atoms with Crippen molar-refractivity contribution >= 4 is 29.9 Å². The molecule has 0 saturated carbocycles. The summed E-state index contributed by atoms with van der Waals surface area (Å²) in [5.74, 6) is 0.601. The molecule has 0 aliphatic rings. The van der Waals surface area contributed by atoms with E-state index in [1.54, 1.807) is 7.05 Å². The van der Waals surface area contributed by atoms with Crippen molar-refractivity contribution in [1.82, 2.24) is 10.6 Å². The molecule has 0 saturated heterocycles. The molecule has 0 heterocycles. The minimum absolute atomic E-state index is 0. The standard InChI is InChI=1S/C17H26F3N3.HI/c1-4-14-7-9-15(10-8-14)13(2)23-16(21-3)22-12-6-5-11-17(18,19)20;/h7-10,13H,4-6,11-12H2,1-3H3,(H2,21,22,23);1H. The summed E-state index contributed by atoms with van der Waals surface area (Å²) in [7, 11) is 1.65. The van der Waals surface area contributed by atoms with Crippen molar-refractivity contribution in [2.75, 3.05) is 13.6 Å². The number of unbranched alkanes of at least 4 members (excludes halogenated alkanes) is 1. The molecular formula is C17H27F3IN3. The van der Waals surface area contributed by atoms with Gasteiger partial charge in [-0.15, -0.1) is 24.0 Å². The molecule has 0 spiro atoms. The zero-order valence-electron chi connectivity index (χ0n) is 14.4. The van der Waals surface area contributed by atoms with Crippen LogP contribution in [0.2, 0.25) is 0 Å². The van der Waals surface area contributed by atoms with Crippen molar-refractivity contribution < 1.29 is 13.2 Å². The van der Waals surface area contributed by atoms with E-state index >= 15 is 0 Å². The lowest BCUT2D eigenvalue weighted by Gasteiger charge is -2.18. The topological polar surface area (TPSA) is 36.4 Å².